The van der Waals surface area contributed by atoms with Crippen LogP contribution in [-0.4, -0.2) is 42.2 Å². The Morgan fingerprint density at radius 1 is 1.19 bits per heavy atom. The maximum atomic E-state index is 12.7. The summed E-state index contributed by atoms with van der Waals surface area (Å²) in [6.07, 6.45) is 4.00. The quantitative estimate of drug-likeness (QED) is 0.544. The van der Waals surface area contributed by atoms with E-state index >= 15 is 0 Å². The van der Waals surface area contributed by atoms with E-state index in [4.69, 9.17) is 13.7 Å². The maximum Gasteiger partial charge on any atom is 0.273 e. The van der Waals surface area contributed by atoms with Crippen molar-refractivity contribution >= 4 is 5.91 Å². The van der Waals surface area contributed by atoms with Crippen LogP contribution in [0.1, 0.15) is 49.0 Å². The third-order valence-electron chi connectivity index (χ3n) is 5.37. The van der Waals surface area contributed by atoms with Crippen molar-refractivity contribution < 1.29 is 18.5 Å². The molecule has 0 aliphatic carbocycles. The number of amides is 1. The Morgan fingerprint density at radius 2 is 1.97 bits per heavy atom. The van der Waals surface area contributed by atoms with E-state index in [1.54, 1.807) is 12.3 Å². The fourth-order valence-corrected chi connectivity index (χ4v) is 3.72. The van der Waals surface area contributed by atoms with Gasteiger partial charge in [0.05, 0.1) is 18.9 Å². The third-order valence-corrected chi connectivity index (χ3v) is 5.37. The van der Waals surface area contributed by atoms with E-state index < -0.39 is 0 Å². The molecular weight excluding hydrogens is 394 g/mol. The van der Waals surface area contributed by atoms with Crippen molar-refractivity contribution in [3.8, 4) is 17.1 Å². The van der Waals surface area contributed by atoms with Crippen molar-refractivity contribution in [2.45, 2.75) is 32.7 Å². The highest BCUT2D eigenvalue weighted by molar-refractivity contribution is 5.93. The average molecular weight is 424 g/mol. The summed E-state index contributed by atoms with van der Waals surface area (Å²) in [6.45, 7) is 7.35. The van der Waals surface area contributed by atoms with Crippen LogP contribution < -0.4 is 10.1 Å². The Bertz CT molecular complexity index is 957. The number of carbonyl (C=O) groups is 1. The number of nitrogens with one attached hydrogen (secondary N) is 1. The number of hydrogen-bond donors (Lipinski definition) is 1. The van der Waals surface area contributed by atoms with Crippen molar-refractivity contribution in [2.24, 2.45) is 5.92 Å². The zero-order chi connectivity index (χ0) is 21.6. The number of hydrogen-bond acceptors (Lipinski definition) is 6. The molecule has 2 aromatic heterocycles. The zero-order valence-corrected chi connectivity index (χ0v) is 18.0. The second-order valence-electron chi connectivity index (χ2n) is 8.29. The molecule has 0 radical (unpaired) electrons. The summed E-state index contributed by atoms with van der Waals surface area (Å²) in [5.41, 5.74) is 1.10. The van der Waals surface area contributed by atoms with E-state index in [0.717, 1.165) is 30.2 Å². The molecule has 7 heteroatoms. The molecule has 31 heavy (non-hydrogen) atoms. The first-order valence-electron chi connectivity index (χ1n) is 10.9. The molecule has 7 nitrogen and oxygen atoms in total. The Hall–Kier alpha value is -3.06. The lowest BCUT2D eigenvalue weighted by Crippen LogP contribution is -2.36. The molecule has 1 N–H and O–H groups in total. The highest BCUT2D eigenvalue weighted by Crippen LogP contribution is 2.26. The fraction of sp³-hybridized carbons (Fsp3) is 0.417. The van der Waals surface area contributed by atoms with Crippen LogP contribution in [0.3, 0.4) is 0 Å². The minimum absolute atomic E-state index is 0.0196. The van der Waals surface area contributed by atoms with Gasteiger partial charge >= 0.3 is 0 Å². The number of benzene rings is 1. The summed E-state index contributed by atoms with van der Waals surface area (Å²) < 4.78 is 16.7. The number of carbonyl (C=O) groups excluding carboxylic acids is 1. The molecule has 0 saturated carbocycles. The lowest BCUT2D eigenvalue weighted by molar-refractivity contribution is 0.0925. The Labute approximate surface area is 182 Å². The molecule has 3 heterocycles. The van der Waals surface area contributed by atoms with Crippen LogP contribution in [0.5, 0.6) is 5.75 Å². The second kappa shape index (κ2) is 9.83. The first-order valence-corrected chi connectivity index (χ1v) is 10.9. The number of ether oxygens (including phenoxy) is 1. The Morgan fingerprint density at radius 3 is 2.65 bits per heavy atom. The smallest absolute Gasteiger partial charge is 0.273 e. The molecule has 0 bridgehead atoms. The molecule has 164 valence electrons. The van der Waals surface area contributed by atoms with E-state index in [0.29, 0.717) is 24.8 Å². The highest BCUT2D eigenvalue weighted by Gasteiger charge is 2.26. The number of furan rings is 1. The minimum atomic E-state index is -0.261. The molecule has 1 saturated heterocycles. The van der Waals surface area contributed by atoms with Gasteiger partial charge in [-0.3, -0.25) is 9.69 Å². The summed E-state index contributed by atoms with van der Waals surface area (Å²) in [5.74, 6) is 2.42. The number of nitrogens with zero attached hydrogens (tertiary/aromatic N) is 2. The van der Waals surface area contributed by atoms with Gasteiger partial charge in [0.15, 0.2) is 11.5 Å². The SMILES string of the molecule is CC(C)COc1ccc(-c2cc(C(=O)NC[C@H](c3ccco3)N3CCCC3)no2)cc1. The topological polar surface area (TPSA) is 80.7 Å². The van der Waals surface area contributed by atoms with Crippen LogP contribution in [0.2, 0.25) is 0 Å². The summed E-state index contributed by atoms with van der Waals surface area (Å²) >= 11 is 0. The van der Waals surface area contributed by atoms with E-state index in [1.807, 2.05) is 36.4 Å². The van der Waals surface area contributed by atoms with Crippen molar-refractivity contribution in [1.29, 1.82) is 0 Å². The van der Waals surface area contributed by atoms with E-state index in [1.165, 1.54) is 12.8 Å². The molecule has 0 spiro atoms. The van der Waals surface area contributed by atoms with Gasteiger partial charge in [0.25, 0.3) is 5.91 Å². The molecule has 0 unspecified atom stereocenters. The standard InChI is InChI=1S/C24H29N3O4/c1-17(2)16-30-19-9-7-18(8-10-19)23-14-20(26-31-23)24(28)25-15-21(22-6-5-13-29-22)27-11-3-4-12-27/h5-10,13-14,17,21H,3-4,11-12,15-16H2,1-2H3,(H,25,28)/t21-/m1/s1. The van der Waals surface area contributed by atoms with E-state index in [-0.39, 0.29) is 17.6 Å². The van der Waals surface area contributed by atoms with Crippen LogP contribution >= 0.6 is 0 Å². The van der Waals surface area contributed by atoms with Gasteiger partial charge in [0, 0.05) is 18.2 Å². The normalized spacial score (nSPS) is 15.3. The summed E-state index contributed by atoms with van der Waals surface area (Å²) in [6, 6.07) is 13.1. The molecule has 3 aromatic rings. The van der Waals surface area contributed by atoms with E-state index in [9.17, 15) is 4.79 Å². The van der Waals surface area contributed by atoms with Gasteiger partial charge in [0.2, 0.25) is 0 Å². The van der Waals surface area contributed by atoms with Crippen LogP contribution in [0.15, 0.2) is 57.7 Å². The molecule has 1 atom stereocenters. The van der Waals surface area contributed by atoms with Gasteiger partial charge in [-0.15, -0.1) is 0 Å². The van der Waals surface area contributed by atoms with Crippen molar-refractivity contribution in [3.63, 3.8) is 0 Å². The van der Waals surface area contributed by atoms with Gasteiger partial charge in [-0.05, 0) is 68.2 Å². The lowest BCUT2D eigenvalue weighted by Gasteiger charge is -2.25. The zero-order valence-electron chi connectivity index (χ0n) is 18.0. The van der Waals surface area contributed by atoms with Crippen molar-refractivity contribution in [2.75, 3.05) is 26.2 Å². The number of likely N-dealkylation sites (tertiary alicyclic amines) is 1. The summed E-state index contributed by atoms with van der Waals surface area (Å²) in [7, 11) is 0. The average Bonchev–Trinajstić information content (AvgIpc) is 3.55. The Kier molecular flexibility index (Phi) is 6.72. The molecular formula is C24H29N3O4. The summed E-state index contributed by atoms with van der Waals surface area (Å²) in [5, 5.41) is 6.94. The van der Waals surface area contributed by atoms with Crippen LogP contribution in [0.25, 0.3) is 11.3 Å². The number of rotatable bonds is 9. The van der Waals surface area contributed by atoms with Gasteiger partial charge < -0.3 is 19.0 Å². The van der Waals surface area contributed by atoms with Gasteiger partial charge in [-0.2, -0.15) is 0 Å². The van der Waals surface area contributed by atoms with E-state index in [2.05, 4.69) is 29.2 Å². The molecule has 1 aliphatic rings. The third kappa shape index (κ3) is 5.35. The maximum absolute atomic E-state index is 12.7. The Balaban J connectivity index is 1.37. The van der Waals surface area contributed by atoms with Gasteiger partial charge in [-0.1, -0.05) is 19.0 Å². The van der Waals surface area contributed by atoms with Crippen LogP contribution in [-0.2, 0) is 0 Å². The monoisotopic (exact) mass is 423 g/mol. The predicted octanol–water partition coefficient (Wildman–Crippen LogP) is 4.54. The number of aromatic nitrogens is 1. The molecule has 4 rings (SSSR count). The minimum Gasteiger partial charge on any atom is -0.493 e. The van der Waals surface area contributed by atoms with Gasteiger partial charge in [0.1, 0.15) is 11.5 Å². The molecule has 1 aliphatic heterocycles. The highest BCUT2D eigenvalue weighted by atomic mass is 16.5. The molecule has 1 aromatic carbocycles. The summed E-state index contributed by atoms with van der Waals surface area (Å²) in [4.78, 5) is 15.0. The first-order chi connectivity index (χ1) is 15.1. The fourth-order valence-electron chi connectivity index (χ4n) is 3.72. The molecule has 1 amide bonds. The largest absolute Gasteiger partial charge is 0.493 e. The molecule has 1 fully saturated rings. The van der Waals surface area contributed by atoms with Crippen LogP contribution in [0, 0.1) is 5.92 Å². The first kappa shape index (κ1) is 21.2. The second-order valence-corrected chi connectivity index (χ2v) is 8.29. The lowest BCUT2D eigenvalue weighted by atomic mass is 10.1. The predicted molar refractivity (Wildman–Crippen MR) is 117 cm³/mol. The van der Waals surface area contributed by atoms with Gasteiger partial charge in [-0.25, -0.2) is 0 Å². The van der Waals surface area contributed by atoms with Crippen molar-refractivity contribution in [1.82, 2.24) is 15.4 Å². The van der Waals surface area contributed by atoms with Crippen molar-refractivity contribution in [3.05, 3.63) is 60.2 Å². The van der Waals surface area contributed by atoms with Crippen LogP contribution in [0.4, 0.5) is 0 Å².